The zero-order chi connectivity index (χ0) is 13.2. The van der Waals surface area contributed by atoms with Gasteiger partial charge < -0.3 is 0 Å². The first-order valence-corrected chi connectivity index (χ1v) is 6.81. The summed E-state index contributed by atoms with van der Waals surface area (Å²) < 4.78 is 0. The smallest absolute Gasteiger partial charge is 0.194 e. The highest BCUT2D eigenvalue weighted by molar-refractivity contribution is 6.09. The summed E-state index contributed by atoms with van der Waals surface area (Å²) in [4.78, 5) is 16.4. The molecule has 1 fully saturated rings. The molecule has 19 heavy (non-hydrogen) atoms. The van der Waals surface area contributed by atoms with E-state index in [9.17, 15) is 4.79 Å². The van der Waals surface area contributed by atoms with Crippen LogP contribution in [-0.2, 0) is 0 Å². The minimum Gasteiger partial charge on any atom is -0.289 e. The molecule has 1 aromatic carbocycles. The normalized spacial score (nSPS) is 15.0. The average Bonchev–Trinajstić information content (AvgIpc) is 2.37. The van der Waals surface area contributed by atoms with Gasteiger partial charge in [0, 0.05) is 23.5 Å². The van der Waals surface area contributed by atoms with Crippen LogP contribution in [0.15, 0.2) is 42.7 Å². The molecule has 1 aliphatic carbocycles. The quantitative estimate of drug-likeness (QED) is 0.775. The molecule has 2 aromatic rings. The molecule has 0 bridgehead atoms. The predicted molar refractivity (Wildman–Crippen MR) is 75.4 cm³/mol. The van der Waals surface area contributed by atoms with Gasteiger partial charge in [0.25, 0.3) is 0 Å². The number of pyridine rings is 1. The summed E-state index contributed by atoms with van der Waals surface area (Å²) in [6.45, 7) is 1.94. The van der Waals surface area contributed by atoms with Crippen molar-refractivity contribution in [3.05, 3.63) is 65.0 Å². The Kier molecular flexibility index (Phi) is 3.16. The minimum atomic E-state index is 0.0609. The van der Waals surface area contributed by atoms with E-state index in [0.29, 0.717) is 11.5 Å². The number of carbonyl (C=O) groups excluding carboxylic acids is 1. The first kappa shape index (κ1) is 12.1. The van der Waals surface area contributed by atoms with E-state index in [-0.39, 0.29) is 5.78 Å². The summed E-state index contributed by atoms with van der Waals surface area (Å²) in [7, 11) is 0. The number of hydrogen-bond acceptors (Lipinski definition) is 2. The zero-order valence-corrected chi connectivity index (χ0v) is 11.1. The van der Waals surface area contributed by atoms with Crippen LogP contribution in [0.1, 0.15) is 52.2 Å². The second-order valence-corrected chi connectivity index (χ2v) is 5.27. The summed E-state index contributed by atoms with van der Waals surface area (Å²) in [5.41, 5.74) is 3.78. The molecule has 0 N–H and O–H groups in total. The molecule has 1 heterocycles. The zero-order valence-electron chi connectivity index (χ0n) is 11.1. The van der Waals surface area contributed by atoms with Crippen LogP contribution in [0.25, 0.3) is 0 Å². The molecule has 0 amide bonds. The molecule has 2 heteroatoms. The Bertz CT molecular complexity index is 597. The highest BCUT2D eigenvalue weighted by Gasteiger charge is 2.19. The van der Waals surface area contributed by atoms with Gasteiger partial charge in [-0.2, -0.15) is 0 Å². The summed E-state index contributed by atoms with van der Waals surface area (Å²) in [5.74, 6) is 0.773. The number of ketones is 1. The Morgan fingerprint density at radius 3 is 2.47 bits per heavy atom. The molecule has 1 aromatic heterocycles. The van der Waals surface area contributed by atoms with E-state index >= 15 is 0 Å². The Labute approximate surface area is 113 Å². The fourth-order valence-electron chi connectivity index (χ4n) is 2.51. The van der Waals surface area contributed by atoms with Gasteiger partial charge in [0.1, 0.15) is 0 Å². The van der Waals surface area contributed by atoms with Crippen LogP contribution in [0, 0.1) is 6.92 Å². The topological polar surface area (TPSA) is 30.0 Å². The SMILES string of the molecule is Cc1ccncc1C(=O)c1ccc(C2CCC2)cc1. The van der Waals surface area contributed by atoms with Gasteiger partial charge in [0.05, 0.1) is 0 Å². The van der Waals surface area contributed by atoms with Crippen molar-refractivity contribution in [3.8, 4) is 0 Å². The first-order chi connectivity index (χ1) is 9.25. The van der Waals surface area contributed by atoms with E-state index in [2.05, 4.69) is 17.1 Å². The second-order valence-electron chi connectivity index (χ2n) is 5.27. The van der Waals surface area contributed by atoms with Gasteiger partial charge in [-0.25, -0.2) is 0 Å². The monoisotopic (exact) mass is 251 g/mol. The maximum Gasteiger partial charge on any atom is 0.194 e. The molecule has 1 saturated carbocycles. The van der Waals surface area contributed by atoms with E-state index < -0.39 is 0 Å². The van der Waals surface area contributed by atoms with Crippen molar-refractivity contribution in [3.63, 3.8) is 0 Å². The Balaban J connectivity index is 1.86. The number of rotatable bonds is 3. The van der Waals surface area contributed by atoms with Crippen molar-refractivity contribution in [2.24, 2.45) is 0 Å². The molecule has 96 valence electrons. The van der Waals surface area contributed by atoms with Crippen molar-refractivity contribution >= 4 is 5.78 Å². The summed E-state index contributed by atoms with van der Waals surface area (Å²) in [6, 6.07) is 9.96. The molecule has 0 radical (unpaired) electrons. The lowest BCUT2D eigenvalue weighted by molar-refractivity contribution is 0.103. The molecule has 0 spiro atoms. The molecular weight excluding hydrogens is 234 g/mol. The van der Waals surface area contributed by atoms with Crippen LogP contribution in [0.3, 0.4) is 0 Å². The van der Waals surface area contributed by atoms with E-state index in [1.54, 1.807) is 12.4 Å². The molecule has 0 aliphatic heterocycles. The minimum absolute atomic E-state index is 0.0609. The van der Waals surface area contributed by atoms with Crippen molar-refractivity contribution < 1.29 is 4.79 Å². The van der Waals surface area contributed by atoms with Gasteiger partial charge in [-0.15, -0.1) is 0 Å². The largest absolute Gasteiger partial charge is 0.289 e. The maximum absolute atomic E-state index is 12.4. The average molecular weight is 251 g/mol. The number of aromatic nitrogens is 1. The Morgan fingerprint density at radius 2 is 1.89 bits per heavy atom. The molecule has 3 rings (SSSR count). The summed E-state index contributed by atoms with van der Waals surface area (Å²) >= 11 is 0. The van der Waals surface area contributed by atoms with Crippen molar-refractivity contribution in [1.82, 2.24) is 4.98 Å². The second kappa shape index (κ2) is 4.96. The molecule has 0 saturated heterocycles. The maximum atomic E-state index is 12.4. The Morgan fingerprint density at radius 1 is 1.16 bits per heavy atom. The lowest BCUT2D eigenvalue weighted by atomic mass is 9.80. The number of benzene rings is 1. The highest BCUT2D eigenvalue weighted by Crippen LogP contribution is 2.36. The first-order valence-electron chi connectivity index (χ1n) is 6.81. The molecule has 1 aliphatic rings. The van der Waals surface area contributed by atoms with Gasteiger partial charge in [0.2, 0.25) is 0 Å². The fourth-order valence-corrected chi connectivity index (χ4v) is 2.51. The van der Waals surface area contributed by atoms with Crippen molar-refractivity contribution in [2.75, 3.05) is 0 Å². The highest BCUT2D eigenvalue weighted by atomic mass is 16.1. The van der Waals surface area contributed by atoms with Crippen LogP contribution < -0.4 is 0 Å². The van der Waals surface area contributed by atoms with E-state index in [4.69, 9.17) is 0 Å². The predicted octanol–water partition coefficient (Wildman–Crippen LogP) is 3.89. The third-order valence-corrected chi connectivity index (χ3v) is 4.03. The number of hydrogen-bond donors (Lipinski definition) is 0. The molecule has 0 atom stereocenters. The standard InChI is InChI=1S/C17H17NO/c1-12-9-10-18-11-16(12)17(19)15-7-5-14(6-8-15)13-3-2-4-13/h5-11,13H,2-4H2,1H3. The number of aryl methyl sites for hydroxylation is 1. The van der Waals surface area contributed by atoms with Crippen LogP contribution in [0.5, 0.6) is 0 Å². The van der Waals surface area contributed by atoms with Crippen LogP contribution in [0.4, 0.5) is 0 Å². The lowest BCUT2D eigenvalue weighted by Crippen LogP contribution is -2.09. The van der Waals surface area contributed by atoms with Gasteiger partial charge in [-0.1, -0.05) is 30.7 Å². The summed E-state index contributed by atoms with van der Waals surface area (Å²) in [6.07, 6.45) is 7.27. The van der Waals surface area contributed by atoms with Crippen molar-refractivity contribution in [1.29, 1.82) is 0 Å². The van der Waals surface area contributed by atoms with Crippen LogP contribution in [0.2, 0.25) is 0 Å². The van der Waals surface area contributed by atoms with Gasteiger partial charge in [-0.05, 0) is 42.9 Å². The van der Waals surface area contributed by atoms with Gasteiger partial charge >= 0.3 is 0 Å². The van der Waals surface area contributed by atoms with Gasteiger partial charge in [-0.3, -0.25) is 9.78 Å². The lowest BCUT2D eigenvalue weighted by Gasteiger charge is -2.25. The van der Waals surface area contributed by atoms with E-state index in [0.717, 1.165) is 11.1 Å². The van der Waals surface area contributed by atoms with Crippen molar-refractivity contribution in [2.45, 2.75) is 32.1 Å². The Hall–Kier alpha value is -1.96. The molecular formula is C17H17NO. The molecule has 2 nitrogen and oxygen atoms in total. The fraction of sp³-hybridized carbons (Fsp3) is 0.294. The molecule has 0 unspecified atom stereocenters. The van der Waals surface area contributed by atoms with E-state index in [1.807, 2.05) is 25.1 Å². The number of carbonyl (C=O) groups is 1. The third-order valence-electron chi connectivity index (χ3n) is 4.03. The van der Waals surface area contributed by atoms with E-state index in [1.165, 1.54) is 24.8 Å². The van der Waals surface area contributed by atoms with Crippen LogP contribution in [-0.4, -0.2) is 10.8 Å². The number of nitrogens with zero attached hydrogens (tertiary/aromatic N) is 1. The summed E-state index contributed by atoms with van der Waals surface area (Å²) in [5, 5.41) is 0. The third kappa shape index (κ3) is 2.30. The van der Waals surface area contributed by atoms with Crippen LogP contribution >= 0.6 is 0 Å². The van der Waals surface area contributed by atoms with Gasteiger partial charge in [0.15, 0.2) is 5.78 Å².